The maximum atomic E-state index is 13.5. The summed E-state index contributed by atoms with van der Waals surface area (Å²) in [6, 6.07) is 7.47. The Labute approximate surface area is 118 Å². The molecule has 0 aliphatic rings. The topological polar surface area (TPSA) is 26.3 Å². The molecule has 0 heterocycles. The first-order valence-electron chi connectivity index (χ1n) is 5.88. The summed E-state index contributed by atoms with van der Waals surface area (Å²) in [7, 11) is 1.27. The van der Waals surface area contributed by atoms with Gasteiger partial charge in [0.05, 0.1) is 12.7 Å². The number of benzene rings is 2. The summed E-state index contributed by atoms with van der Waals surface area (Å²) in [6.07, 6.45) is -4.54. The molecular formula is C15H10F4O2. The zero-order valence-corrected chi connectivity index (χ0v) is 10.9. The SMILES string of the molecule is COc1ccc(C(=O)c2cccc(C(F)(F)F)c2)cc1F. The molecule has 0 atom stereocenters. The van der Waals surface area contributed by atoms with Crippen molar-refractivity contribution in [1.29, 1.82) is 0 Å². The van der Waals surface area contributed by atoms with Crippen molar-refractivity contribution in [1.82, 2.24) is 0 Å². The van der Waals surface area contributed by atoms with E-state index in [0.717, 1.165) is 24.3 Å². The van der Waals surface area contributed by atoms with Crippen LogP contribution in [0, 0.1) is 5.82 Å². The Bertz CT molecular complexity index is 678. The lowest BCUT2D eigenvalue weighted by molar-refractivity contribution is -0.137. The van der Waals surface area contributed by atoms with E-state index in [9.17, 15) is 22.4 Å². The second-order valence-corrected chi connectivity index (χ2v) is 4.26. The highest BCUT2D eigenvalue weighted by Crippen LogP contribution is 2.30. The van der Waals surface area contributed by atoms with Crippen molar-refractivity contribution < 1.29 is 27.1 Å². The van der Waals surface area contributed by atoms with Gasteiger partial charge in [0.2, 0.25) is 0 Å². The molecule has 0 aromatic heterocycles. The van der Waals surface area contributed by atoms with Crippen LogP contribution in [0.2, 0.25) is 0 Å². The van der Waals surface area contributed by atoms with Gasteiger partial charge in [-0.1, -0.05) is 12.1 Å². The molecule has 2 rings (SSSR count). The summed E-state index contributed by atoms with van der Waals surface area (Å²) in [6.45, 7) is 0. The van der Waals surface area contributed by atoms with Crippen molar-refractivity contribution in [2.45, 2.75) is 6.18 Å². The van der Waals surface area contributed by atoms with Crippen LogP contribution in [-0.2, 0) is 6.18 Å². The van der Waals surface area contributed by atoms with Gasteiger partial charge in [-0.25, -0.2) is 4.39 Å². The summed E-state index contributed by atoms with van der Waals surface area (Å²) in [5.41, 5.74) is -1.13. The van der Waals surface area contributed by atoms with Crippen molar-refractivity contribution in [3.8, 4) is 5.75 Å². The van der Waals surface area contributed by atoms with Gasteiger partial charge in [0.1, 0.15) is 0 Å². The van der Waals surface area contributed by atoms with E-state index < -0.39 is 23.3 Å². The van der Waals surface area contributed by atoms with Crippen molar-refractivity contribution in [2.24, 2.45) is 0 Å². The number of carbonyl (C=O) groups is 1. The molecule has 2 aromatic carbocycles. The highest BCUT2D eigenvalue weighted by atomic mass is 19.4. The first kappa shape index (κ1) is 15.0. The van der Waals surface area contributed by atoms with E-state index in [1.54, 1.807) is 0 Å². The fraction of sp³-hybridized carbons (Fsp3) is 0.133. The lowest BCUT2D eigenvalue weighted by Crippen LogP contribution is -2.08. The lowest BCUT2D eigenvalue weighted by Gasteiger charge is -2.09. The van der Waals surface area contributed by atoms with E-state index in [1.165, 1.54) is 25.3 Å². The molecule has 6 heteroatoms. The fourth-order valence-corrected chi connectivity index (χ4v) is 1.81. The Kier molecular flexibility index (Phi) is 3.97. The minimum atomic E-state index is -4.54. The second-order valence-electron chi connectivity index (χ2n) is 4.26. The van der Waals surface area contributed by atoms with Crippen LogP contribution in [0.5, 0.6) is 5.75 Å². The van der Waals surface area contributed by atoms with Crippen LogP contribution in [0.25, 0.3) is 0 Å². The predicted molar refractivity (Wildman–Crippen MR) is 67.8 cm³/mol. The molecular weight excluding hydrogens is 288 g/mol. The van der Waals surface area contributed by atoms with Gasteiger partial charge >= 0.3 is 6.18 Å². The molecule has 0 spiro atoms. The van der Waals surface area contributed by atoms with Gasteiger partial charge in [-0.05, 0) is 30.3 Å². The number of ether oxygens (including phenoxy) is 1. The first-order chi connectivity index (χ1) is 9.82. The minimum absolute atomic E-state index is 0.0457. The number of ketones is 1. The Morgan fingerprint density at radius 1 is 1.05 bits per heavy atom. The molecule has 0 saturated carbocycles. The van der Waals surface area contributed by atoms with Crippen LogP contribution in [-0.4, -0.2) is 12.9 Å². The Morgan fingerprint density at radius 3 is 2.29 bits per heavy atom. The van der Waals surface area contributed by atoms with Crippen LogP contribution in [0.1, 0.15) is 21.5 Å². The van der Waals surface area contributed by atoms with Crippen molar-refractivity contribution >= 4 is 5.78 Å². The van der Waals surface area contributed by atoms with Gasteiger partial charge in [0, 0.05) is 11.1 Å². The Hall–Kier alpha value is -2.37. The molecule has 0 saturated heterocycles. The summed E-state index contributed by atoms with van der Waals surface area (Å²) < 4.78 is 56.1. The largest absolute Gasteiger partial charge is 0.494 e. The number of methoxy groups -OCH3 is 1. The average Bonchev–Trinajstić information content (AvgIpc) is 2.45. The molecule has 2 aromatic rings. The predicted octanol–water partition coefficient (Wildman–Crippen LogP) is 4.08. The molecule has 110 valence electrons. The molecule has 2 nitrogen and oxygen atoms in total. The van der Waals surface area contributed by atoms with E-state index in [2.05, 4.69) is 0 Å². The molecule has 0 bridgehead atoms. The number of alkyl halides is 3. The van der Waals surface area contributed by atoms with E-state index in [1.807, 2.05) is 0 Å². The normalized spacial score (nSPS) is 11.3. The van der Waals surface area contributed by atoms with Gasteiger partial charge in [0.15, 0.2) is 17.3 Å². The maximum Gasteiger partial charge on any atom is 0.416 e. The van der Waals surface area contributed by atoms with Crippen molar-refractivity contribution in [3.63, 3.8) is 0 Å². The second kappa shape index (κ2) is 5.55. The van der Waals surface area contributed by atoms with Gasteiger partial charge in [-0.15, -0.1) is 0 Å². The maximum absolute atomic E-state index is 13.5. The van der Waals surface area contributed by atoms with Gasteiger partial charge in [-0.2, -0.15) is 13.2 Å². The van der Waals surface area contributed by atoms with Gasteiger partial charge < -0.3 is 4.74 Å². The van der Waals surface area contributed by atoms with Gasteiger partial charge in [0.25, 0.3) is 0 Å². The smallest absolute Gasteiger partial charge is 0.416 e. The summed E-state index contributed by atoms with van der Waals surface area (Å²) in [5.74, 6) is -1.49. The molecule has 0 unspecified atom stereocenters. The Morgan fingerprint density at radius 2 is 1.71 bits per heavy atom. The van der Waals surface area contributed by atoms with Crippen LogP contribution >= 0.6 is 0 Å². The Balaban J connectivity index is 2.38. The average molecular weight is 298 g/mol. The molecule has 21 heavy (non-hydrogen) atoms. The number of hydrogen-bond acceptors (Lipinski definition) is 2. The van der Waals surface area contributed by atoms with Crippen molar-refractivity contribution in [3.05, 3.63) is 65.0 Å². The van der Waals surface area contributed by atoms with Crippen LogP contribution in [0.3, 0.4) is 0 Å². The third-order valence-electron chi connectivity index (χ3n) is 2.87. The minimum Gasteiger partial charge on any atom is -0.494 e. The number of rotatable bonds is 3. The van der Waals surface area contributed by atoms with E-state index in [-0.39, 0.29) is 16.9 Å². The molecule has 0 amide bonds. The van der Waals surface area contributed by atoms with Crippen LogP contribution in [0.4, 0.5) is 17.6 Å². The molecule has 0 fully saturated rings. The zero-order valence-electron chi connectivity index (χ0n) is 10.9. The monoisotopic (exact) mass is 298 g/mol. The highest BCUT2D eigenvalue weighted by molar-refractivity contribution is 6.09. The molecule has 0 N–H and O–H groups in total. The molecule has 0 radical (unpaired) electrons. The van der Waals surface area contributed by atoms with E-state index in [0.29, 0.717) is 0 Å². The first-order valence-corrected chi connectivity index (χ1v) is 5.88. The molecule has 0 aliphatic heterocycles. The quantitative estimate of drug-likeness (QED) is 0.630. The number of halogens is 4. The summed E-state index contributed by atoms with van der Waals surface area (Å²) in [4.78, 5) is 12.1. The lowest BCUT2D eigenvalue weighted by atomic mass is 10.0. The standard InChI is InChI=1S/C15H10F4O2/c1-21-13-6-5-10(8-12(13)16)14(20)9-3-2-4-11(7-9)15(17,18)19/h2-8H,1H3. The van der Waals surface area contributed by atoms with Gasteiger partial charge in [-0.3, -0.25) is 4.79 Å². The van der Waals surface area contributed by atoms with E-state index >= 15 is 0 Å². The number of carbonyl (C=O) groups excluding carboxylic acids is 1. The molecule has 0 aliphatic carbocycles. The van der Waals surface area contributed by atoms with Crippen molar-refractivity contribution in [2.75, 3.05) is 7.11 Å². The summed E-state index contributed by atoms with van der Waals surface area (Å²) in [5, 5.41) is 0. The fourth-order valence-electron chi connectivity index (χ4n) is 1.81. The van der Waals surface area contributed by atoms with Crippen LogP contribution in [0.15, 0.2) is 42.5 Å². The zero-order chi connectivity index (χ0) is 15.6. The summed E-state index contributed by atoms with van der Waals surface area (Å²) >= 11 is 0. The third-order valence-corrected chi connectivity index (χ3v) is 2.87. The van der Waals surface area contributed by atoms with E-state index in [4.69, 9.17) is 4.74 Å². The van der Waals surface area contributed by atoms with Crippen LogP contribution < -0.4 is 4.74 Å². The number of hydrogen-bond donors (Lipinski definition) is 0. The highest BCUT2D eigenvalue weighted by Gasteiger charge is 2.31. The third kappa shape index (κ3) is 3.21.